The summed E-state index contributed by atoms with van der Waals surface area (Å²) in [4.78, 5) is 60.7. The van der Waals surface area contributed by atoms with Gasteiger partial charge >= 0.3 is 11.9 Å². The van der Waals surface area contributed by atoms with E-state index in [-0.39, 0.29) is 23.8 Å². The van der Waals surface area contributed by atoms with Crippen LogP contribution >= 0.6 is 0 Å². The number of hydrogen-bond donors (Lipinski definition) is 3. The zero-order valence-electron chi connectivity index (χ0n) is 17.2. The van der Waals surface area contributed by atoms with Crippen molar-refractivity contribution in [2.75, 3.05) is 59.0 Å². The topological polar surface area (TPSA) is 157 Å². The number of morpholine rings is 1. The van der Waals surface area contributed by atoms with Gasteiger partial charge in [-0.1, -0.05) is 0 Å². The molecule has 0 aromatic carbocycles. The molecule has 3 aliphatic rings. The van der Waals surface area contributed by atoms with Crippen LogP contribution in [0.25, 0.3) is 0 Å². The van der Waals surface area contributed by atoms with Gasteiger partial charge in [-0.3, -0.25) is 19.3 Å². The molecule has 0 aromatic heterocycles. The minimum absolute atomic E-state index is 0.0175. The van der Waals surface area contributed by atoms with E-state index in [0.717, 1.165) is 13.1 Å². The number of rotatable bonds is 5. The molecule has 0 aromatic rings. The summed E-state index contributed by atoms with van der Waals surface area (Å²) < 4.78 is 5.28. The maximum absolute atomic E-state index is 12.3. The lowest BCUT2D eigenvalue weighted by atomic mass is 10.2. The molecule has 31 heavy (non-hydrogen) atoms. The molecule has 0 aliphatic carbocycles. The number of nitrogens with one attached hydrogen (secondary N) is 1. The molecular weight excluding hydrogens is 412 g/mol. The highest BCUT2D eigenvalue weighted by Gasteiger charge is 2.33. The van der Waals surface area contributed by atoms with Gasteiger partial charge in [0.05, 0.1) is 19.8 Å². The van der Waals surface area contributed by atoms with E-state index in [1.54, 1.807) is 4.90 Å². The molecule has 3 N–H and O–H groups in total. The zero-order chi connectivity index (χ0) is 22.8. The molecule has 3 heterocycles. The molecular formula is C19H28N4O8. The van der Waals surface area contributed by atoms with Crippen molar-refractivity contribution < 1.29 is 38.9 Å². The summed E-state index contributed by atoms with van der Waals surface area (Å²) in [7, 11) is 0. The lowest BCUT2D eigenvalue weighted by molar-refractivity contribution is -0.141. The van der Waals surface area contributed by atoms with Crippen LogP contribution in [0.1, 0.15) is 12.8 Å². The standard InChI is InChI=1S/C15H24N4O4.C4H4O4/c20-13-2-1-12(16-13)15(22)19-5-3-18(4-6-19)14(21)11-17-7-9-23-10-8-17;5-3(6)1-2-4(7)8/h12H,1-11H2,(H,16,20);1-2H,(H,5,6)(H,7,8)/b;2-1-/t12-;/m1./s1. The van der Waals surface area contributed by atoms with Gasteiger partial charge in [0.15, 0.2) is 0 Å². The second kappa shape index (κ2) is 12.0. The molecule has 3 saturated heterocycles. The van der Waals surface area contributed by atoms with E-state index in [1.807, 2.05) is 4.90 Å². The second-order valence-electron chi connectivity index (χ2n) is 7.26. The van der Waals surface area contributed by atoms with Gasteiger partial charge in [-0.05, 0) is 6.42 Å². The fraction of sp³-hybridized carbons (Fsp3) is 0.632. The number of carboxylic acid groups (broad SMARTS) is 2. The Morgan fingerprint density at radius 2 is 1.48 bits per heavy atom. The van der Waals surface area contributed by atoms with E-state index >= 15 is 0 Å². The predicted octanol–water partition coefficient (Wildman–Crippen LogP) is -2.02. The Balaban J connectivity index is 0.000000366. The van der Waals surface area contributed by atoms with E-state index in [9.17, 15) is 24.0 Å². The van der Waals surface area contributed by atoms with Crippen molar-refractivity contribution in [3.63, 3.8) is 0 Å². The van der Waals surface area contributed by atoms with Crippen LogP contribution in [-0.2, 0) is 28.7 Å². The highest BCUT2D eigenvalue weighted by atomic mass is 16.5. The van der Waals surface area contributed by atoms with Crippen molar-refractivity contribution in [3.8, 4) is 0 Å². The number of hydrogen-bond acceptors (Lipinski definition) is 7. The summed E-state index contributed by atoms with van der Waals surface area (Å²) in [6, 6.07) is -0.377. The fourth-order valence-electron chi connectivity index (χ4n) is 3.39. The number of piperazine rings is 1. The maximum Gasteiger partial charge on any atom is 0.328 e. The number of carboxylic acids is 2. The SMILES string of the molecule is O=C(O)/C=C\C(=O)O.O=C1CC[C@H](C(=O)N2CCN(C(=O)CN3CCOCC3)CC2)N1. The van der Waals surface area contributed by atoms with Gasteiger partial charge in [0.1, 0.15) is 6.04 Å². The van der Waals surface area contributed by atoms with Crippen molar-refractivity contribution in [1.29, 1.82) is 0 Å². The summed E-state index contributed by atoms with van der Waals surface area (Å²) in [6.45, 7) is 5.60. The Kier molecular flexibility index (Phi) is 9.40. The average molecular weight is 440 g/mol. The van der Waals surface area contributed by atoms with Gasteiger partial charge in [0, 0.05) is 57.8 Å². The van der Waals surface area contributed by atoms with E-state index in [1.165, 1.54) is 0 Å². The minimum Gasteiger partial charge on any atom is -0.478 e. The van der Waals surface area contributed by atoms with Gasteiger partial charge in [-0.2, -0.15) is 0 Å². The summed E-state index contributed by atoms with van der Waals surface area (Å²) in [5.74, 6) is -2.47. The third-order valence-corrected chi connectivity index (χ3v) is 5.07. The molecule has 3 aliphatic heterocycles. The highest BCUT2D eigenvalue weighted by Crippen LogP contribution is 2.12. The van der Waals surface area contributed by atoms with Crippen molar-refractivity contribution in [1.82, 2.24) is 20.0 Å². The molecule has 0 saturated carbocycles. The molecule has 3 fully saturated rings. The lowest BCUT2D eigenvalue weighted by Gasteiger charge is -2.37. The van der Waals surface area contributed by atoms with Crippen LogP contribution in [0.5, 0.6) is 0 Å². The smallest absolute Gasteiger partial charge is 0.328 e. The Morgan fingerprint density at radius 1 is 0.935 bits per heavy atom. The first-order valence-electron chi connectivity index (χ1n) is 10.1. The third-order valence-electron chi connectivity index (χ3n) is 5.07. The van der Waals surface area contributed by atoms with Crippen LogP contribution in [-0.4, -0.2) is 120 Å². The van der Waals surface area contributed by atoms with Crippen LogP contribution in [0.3, 0.4) is 0 Å². The predicted molar refractivity (Wildman–Crippen MR) is 106 cm³/mol. The Morgan fingerprint density at radius 3 is 1.97 bits per heavy atom. The molecule has 3 amide bonds. The Labute approximate surface area is 179 Å². The number of aliphatic carboxylic acids is 2. The highest BCUT2D eigenvalue weighted by molar-refractivity contribution is 5.91. The van der Waals surface area contributed by atoms with E-state index in [4.69, 9.17) is 14.9 Å². The van der Waals surface area contributed by atoms with E-state index in [0.29, 0.717) is 70.9 Å². The molecule has 172 valence electrons. The molecule has 12 heteroatoms. The first-order valence-corrected chi connectivity index (χ1v) is 10.1. The van der Waals surface area contributed by atoms with Gasteiger partial charge in [0.25, 0.3) is 0 Å². The zero-order valence-corrected chi connectivity index (χ0v) is 17.2. The molecule has 0 unspecified atom stereocenters. The number of ether oxygens (including phenoxy) is 1. The molecule has 0 spiro atoms. The van der Waals surface area contributed by atoms with Gasteiger partial charge < -0.3 is 30.1 Å². The van der Waals surface area contributed by atoms with Crippen LogP contribution in [0.15, 0.2) is 12.2 Å². The fourth-order valence-corrected chi connectivity index (χ4v) is 3.39. The number of amides is 3. The lowest BCUT2D eigenvalue weighted by Crippen LogP contribution is -2.56. The maximum atomic E-state index is 12.3. The summed E-state index contributed by atoms with van der Waals surface area (Å²) >= 11 is 0. The second-order valence-corrected chi connectivity index (χ2v) is 7.26. The number of carbonyl (C=O) groups excluding carboxylic acids is 3. The van der Waals surface area contributed by atoms with Crippen molar-refractivity contribution in [2.45, 2.75) is 18.9 Å². The van der Waals surface area contributed by atoms with Crippen molar-refractivity contribution in [3.05, 3.63) is 12.2 Å². The Bertz CT molecular complexity index is 696. The van der Waals surface area contributed by atoms with E-state index < -0.39 is 11.9 Å². The summed E-state index contributed by atoms with van der Waals surface area (Å²) in [6.07, 6.45) is 2.12. The number of nitrogens with zero attached hydrogens (tertiary/aromatic N) is 3. The summed E-state index contributed by atoms with van der Waals surface area (Å²) in [5.41, 5.74) is 0. The van der Waals surface area contributed by atoms with Crippen LogP contribution in [0.4, 0.5) is 0 Å². The normalized spacial score (nSPS) is 21.9. The first kappa shape index (κ1) is 24.3. The van der Waals surface area contributed by atoms with Gasteiger partial charge in [-0.15, -0.1) is 0 Å². The molecule has 0 radical (unpaired) electrons. The summed E-state index contributed by atoms with van der Waals surface area (Å²) in [5, 5.41) is 18.3. The van der Waals surface area contributed by atoms with Crippen LogP contribution in [0.2, 0.25) is 0 Å². The quantitative estimate of drug-likeness (QED) is 0.411. The first-order chi connectivity index (χ1) is 14.8. The molecule has 3 rings (SSSR count). The molecule has 1 atom stereocenters. The number of carbonyl (C=O) groups is 5. The van der Waals surface area contributed by atoms with E-state index in [2.05, 4.69) is 10.2 Å². The van der Waals surface area contributed by atoms with Crippen LogP contribution in [0, 0.1) is 0 Å². The monoisotopic (exact) mass is 440 g/mol. The molecule has 0 bridgehead atoms. The van der Waals surface area contributed by atoms with Crippen molar-refractivity contribution >= 4 is 29.7 Å². The third kappa shape index (κ3) is 8.34. The van der Waals surface area contributed by atoms with Gasteiger partial charge in [-0.25, -0.2) is 9.59 Å². The van der Waals surface area contributed by atoms with Crippen molar-refractivity contribution in [2.24, 2.45) is 0 Å². The minimum atomic E-state index is -1.26. The average Bonchev–Trinajstić information content (AvgIpc) is 3.19. The largest absolute Gasteiger partial charge is 0.478 e. The molecule has 12 nitrogen and oxygen atoms in total. The Hall–Kier alpha value is -2.99. The van der Waals surface area contributed by atoms with Gasteiger partial charge in [0.2, 0.25) is 17.7 Å². The van der Waals surface area contributed by atoms with Crippen LogP contribution < -0.4 is 5.32 Å².